The Morgan fingerprint density at radius 3 is 2.23 bits per heavy atom. The van der Waals surface area contributed by atoms with Gasteiger partial charge >= 0.3 is 18.3 Å². The molecule has 0 aliphatic carbocycles. The van der Waals surface area contributed by atoms with Gasteiger partial charge in [-0.05, 0) is 11.6 Å². The van der Waals surface area contributed by atoms with Gasteiger partial charge in [0.25, 0.3) is 0 Å². The number of halogens is 4. The Morgan fingerprint density at radius 2 is 1.69 bits per heavy atom. The van der Waals surface area contributed by atoms with E-state index in [1.807, 2.05) is 6.07 Å². The Hall–Kier alpha value is -4.53. The molecule has 0 fully saturated rings. The number of methoxy groups -OCH3 is 2. The molecule has 3 rings (SSSR count). The molecule has 2 aromatic rings. The van der Waals surface area contributed by atoms with Crippen LogP contribution in [0.1, 0.15) is 11.5 Å². The fraction of sp³-hybridized carbons (Fsp3) is 0.174. The first-order chi connectivity index (χ1) is 16.5. The van der Waals surface area contributed by atoms with Gasteiger partial charge in [-0.25, -0.2) is 14.0 Å². The maximum absolute atomic E-state index is 14.3. The van der Waals surface area contributed by atoms with Crippen molar-refractivity contribution in [2.24, 2.45) is 5.73 Å². The summed E-state index contributed by atoms with van der Waals surface area (Å²) in [5.41, 5.74) is 4.94. The molecule has 35 heavy (non-hydrogen) atoms. The van der Waals surface area contributed by atoms with Gasteiger partial charge in [0.2, 0.25) is 0 Å². The number of rotatable bonds is 5. The van der Waals surface area contributed by atoms with Crippen molar-refractivity contribution in [1.82, 2.24) is 0 Å². The monoisotopic (exact) mass is 491 g/mol. The largest absolute Gasteiger partial charge is 0.573 e. The standard InChI is InChI=1S/C23H17F4N3O5/c1-33-21(31)18-17(12-6-4-3-5-7-12)16(11-28)20(29)30(19(18)22(32)34-2)14-8-13(24)9-15(10-14)35-23(25,26)27/h3-10,17H,29H2,1-2H3. The minimum Gasteiger partial charge on any atom is -0.466 e. The van der Waals surface area contributed by atoms with Crippen LogP contribution in [0.4, 0.5) is 23.2 Å². The number of esters is 2. The van der Waals surface area contributed by atoms with E-state index in [9.17, 15) is 32.4 Å². The summed E-state index contributed by atoms with van der Waals surface area (Å²) in [4.78, 5) is 26.6. The zero-order chi connectivity index (χ0) is 25.9. The quantitative estimate of drug-likeness (QED) is 0.498. The van der Waals surface area contributed by atoms with Gasteiger partial charge in [0, 0.05) is 12.1 Å². The average Bonchev–Trinajstić information content (AvgIpc) is 2.81. The van der Waals surface area contributed by atoms with Crippen LogP contribution in [-0.4, -0.2) is 32.5 Å². The second-order valence-corrected chi connectivity index (χ2v) is 7.03. The number of carbonyl (C=O) groups is 2. The molecule has 182 valence electrons. The second-order valence-electron chi connectivity index (χ2n) is 7.03. The predicted molar refractivity (Wildman–Crippen MR) is 113 cm³/mol. The van der Waals surface area contributed by atoms with E-state index in [1.54, 1.807) is 30.3 Å². The maximum Gasteiger partial charge on any atom is 0.573 e. The highest BCUT2D eigenvalue weighted by molar-refractivity contribution is 6.06. The Bertz CT molecular complexity index is 1270. The number of ether oxygens (including phenoxy) is 3. The first-order valence-corrected chi connectivity index (χ1v) is 9.74. The van der Waals surface area contributed by atoms with Gasteiger partial charge in [-0.2, -0.15) is 5.26 Å². The van der Waals surface area contributed by atoms with Crippen LogP contribution < -0.4 is 15.4 Å². The molecule has 0 saturated heterocycles. The molecule has 1 aliphatic heterocycles. The number of nitrogens with zero attached hydrogens (tertiary/aromatic N) is 2. The molecule has 0 bridgehead atoms. The molecular weight excluding hydrogens is 474 g/mol. The molecule has 0 aromatic heterocycles. The van der Waals surface area contributed by atoms with E-state index in [0.717, 1.165) is 31.3 Å². The maximum atomic E-state index is 14.3. The number of benzene rings is 2. The summed E-state index contributed by atoms with van der Waals surface area (Å²) >= 11 is 0. The van der Waals surface area contributed by atoms with Gasteiger partial charge in [-0.3, -0.25) is 4.90 Å². The van der Waals surface area contributed by atoms with Crippen LogP contribution in [0.15, 0.2) is 71.2 Å². The van der Waals surface area contributed by atoms with Gasteiger partial charge in [-0.15, -0.1) is 13.2 Å². The molecule has 12 heteroatoms. The lowest BCUT2D eigenvalue weighted by molar-refractivity contribution is -0.274. The van der Waals surface area contributed by atoms with Crippen LogP contribution in [0, 0.1) is 17.1 Å². The van der Waals surface area contributed by atoms with E-state index < -0.39 is 53.0 Å². The summed E-state index contributed by atoms with van der Waals surface area (Å²) in [5.74, 6) is -5.98. The van der Waals surface area contributed by atoms with Gasteiger partial charge in [0.15, 0.2) is 0 Å². The average molecular weight is 491 g/mol. The second kappa shape index (κ2) is 9.76. The Morgan fingerprint density at radius 1 is 1.06 bits per heavy atom. The minimum atomic E-state index is -5.15. The van der Waals surface area contributed by atoms with E-state index in [2.05, 4.69) is 4.74 Å². The third-order valence-electron chi connectivity index (χ3n) is 4.96. The lowest BCUT2D eigenvalue weighted by atomic mass is 9.81. The zero-order valence-corrected chi connectivity index (χ0v) is 18.2. The van der Waals surface area contributed by atoms with Crippen LogP contribution in [0.25, 0.3) is 0 Å². The van der Waals surface area contributed by atoms with Crippen molar-refractivity contribution in [3.05, 3.63) is 82.6 Å². The molecular formula is C23H17F4N3O5. The highest BCUT2D eigenvalue weighted by atomic mass is 19.4. The highest BCUT2D eigenvalue weighted by Gasteiger charge is 2.43. The van der Waals surface area contributed by atoms with Gasteiger partial charge in [0.05, 0.1) is 43.0 Å². The third kappa shape index (κ3) is 5.03. The molecule has 0 amide bonds. The van der Waals surface area contributed by atoms with E-state index >= 15 is 0 Å². The topological polar surface area (TPSA) is 115 Å². The summed E-state index contributed by atoms with van der Waals surface area (Å²) in [5, 5.41) is 9.92. The van der Waals surface area contributed by atoms with Crippen LogP contribution in [0.2, 0.25) is 0 Å². The molecule has 8 nitrogen and oxygen atoms in total. The molecule has 2 aromatic carbocycles. The van der Waals surface area contributed by atoms with Crippen LogP contribution in [-0.2, 0) is 19.1 Å². The van der Waals surface area contributed by atoms with E-state index in [-0.39, 0.29) is 11.1 Å². The molecule has 2 N–H and O–H groups in total. The first-order valence-electron chi connectivity index (χ1n) is 9.74. The van der Waals surface area contributed by atoms with E-state index in [4.69, 9.17) is 15.2 Å². The third-order valence-corrected chi connectivity index (χ3v) is 4.96. The normalized spacial score (nSPS) is 16.0. The Kier molecular flexibility index (Phi) is 7.00. The van der Waals surface area contributed by atoms with E-state index in [1.165, 1.54) is 0 Å². The van der Waals surface area contributed by atoms with Crippen LogP contribution >= 0.6 is 0 Å². The number of hydrogen-bond donors (Lipinski definition) is 1. The number of allylic oxidation sites excluding steroid dienone is 1. The van der Waals surface area contributed by atoms with Crippen molar-refractivity contribution in [2.75, 3.05) is 19.1 Å². The van der Waals surface area contributed by atoms with Crippen molar-refractivity contribution in [1.29, 1.82) is 5.26 Å². The van der Waals surface area contributed by atoms with E-state index in [0.29, 0.717) is 11.6 Å². The molecule has 0 saturated carbocycles. The van der Waals surface area contributed by atoms with Crippen molar-refractivity contribution >= 4 is 17.6 Å². The number of hydrogen-bond acceptors (Lipinski definition) is 8. The molecule has 0 spiro atoms. The van der Waals surface area contributed by atoms with Gasteiger partial charge in [-0.1, -0.05) is 30.3 Å². The minimum absolute atomic E-state index is 0.244. The number of nitrogens with two attached hydrogens (primary N) is 1. The summed E-state index contributed by atoms with van der Waals surface area (Å²) in [7, 11) is 2.02. The smallest absolute Gasteiger partial charge is 0.466 e. The first kappa shape index (κ1) is 25.1. The summed E-state index contributed by atoms with van der Waals surface area (Å²) < 4.78 is 66.1. The van der Waals surface area contributed by atoms with Crippen molar-refractivity contribution < 1.29 is 41.4 Å². The molecule has 1 atom stereocenters. The molecule has 1 heterocycles. The fourth-order valence-electron chi connectivity index (χ4n) is 3.65. The number of anilines is 1. The predicted octanol–water partition coefficient (Wildman–Crippen LogP) is 3.62. The molecule has 1 aliphatic rings. The van der Waals surface area contributed by atoms with Crippen molar-refractivity contribution in [3.8, 4) is 11.8 Å². The van der Waals surface area contributed by atoms with Crippen molar-refractivity contribution in [3.63, 3.8) is 0 Å². The number of carbonyl (C=O) groups excluding carboxylic acids is 2. The number of nitriles is 1. The number of alkyl halides is 3. The van der Waals surface area contributed by atoms with Crippen LogP contribution in [0.3, 0.4) is 0 Å². The Labute approximate surface area is 196 Å². The molecule has 0 radical (unpaired) electrons. The van der Waals surface area contributed by atoms with Gasteiger partial charge in [0.1, 0.15) is 23.1 Å². The van der Waals surface area contributed by atoms with Crippen molar-refractivity contribution in [2.45, 2.75) is 12.3 Å². The molecule has 1 unspecified atom stereocenters. The Balaban J connectivity index is 2.39. The lowest BCUT2D eigenvalue weighted by Gasteiger charge is -2.36. The summed E-state index contributed by atoms with van der Waals surface area (Å²) in [6, 6.07) is 11.9. The SMILES string of the molecule is COC(=O)C1=C(C(=O)OC)N(c2cc(F)cc(OC(F)(F)F)c2)C(N)=C(C#N)C1c1ccccc1. The van der Waals surface area contributed by atoms with Crippen LogP contribution in [0.5, 0.6) is 5.75 Å². The highest BCUT2D eigenvalue weighted by Crippen LogP contribution is 2.44. The summed E-state index contributed by atoms with van der Waals surface area (Å²) in [6.07, 6.45) is -5.15. The fourth-order valence-corrected chi connectivity index (χ4v) is 3.65. The van der Waals surface area contributed by atoms with Gasteiger partial charge < -0.3 is 19.9 Å². The zero-order valence-electron chi connectivity index (χ0n) is 18.2. The lowest BCUT2D eigenvalue weighted by Crippen LogP contribution is -2.40. The summed E-state index contributed by atoms with van der Waals surface area (Å²) in [6.45, 7) is 0.